The average molecular weight is 389 g/mol. The molecule has 0 saturated heterocycles. The molecular formula is C15H22Cl2N6O2. The Bertz CT molecular complexity index is 746. The van der Waals surface area contributed by atoms with E-state index < -0.39 is 6.29 Å². The summed E-state index contributed by atoms with van der Waals surface area (Å²) in [5.41, 5.74) is 9.25. The van der Waals surface area contributed by atoms with Gasteiger partial charge in [-0.3, -0.25) is 15.5 Å². The Labute approximate surface area is 156 Å². The number of hydrogen-bond donors (Lipinski definition) is 2. The first-order valence-electron chi connectivity index (χ1n) is 7.66. The summed E-state index contributed by atoms with van der Waals surface area (Å²) < 4.78 is 12.5. The van der Waals surface area contributed by atoms with Gasteiger partial charge in [-0.1, -0.05) is 11.6 Å². The van der Waals surface area contributed by atoms with Crippen molar-refractivity contribution in [3.05, 3.63) is 27.4 Å². The number of halogens is 2. The summed E-state index contributed by atoms with van der Waals surface area (Å²) in [7, 11) is 2.99. The van der Waals surface area contributed by atoms with Gasteiger partial charge in [0.25, 0.3) is 0 Å². The van der Waals surface area contributed by atoms with Crippen LogP contribution in [0.15, 0.2) is 0 Å². The maximum atomic E-state index is 6.20. The monoisotopic (exact) mass is 388 g/mol. The van der Waals surface area contributed by atoms with Crippen molar-refractivity contribution in [1.29, 1.82) is 0 Å². The lowest BCUT2D eigenvalue weighted by Crippen LogP contribution is -2.17. The number of ether oxygens (including phenoxy) is 2. The van der Waals surface area contributed by atoms with Gasteiger partial charge in [0.2, 0.25) is 5.28 Å². The van der Waals surface area contributed by atoms with E-state index in [9.17, 15) is 0 Å². The van der Waals surface area contributed by atoms with E-state index in [2.05, 4.69) is 39.8 Å². The zero-order valence-corrected chi connectivity index (χ0v) is 16.5. The van der Waals surface area contributed by atoms with Gasteiger partial charge >= 0.3 is 0 Å². The Morgan fingerprint density at radius 3 is 2.20 bits per heavy atom. The highest BCUT2D eigenvalue weighted by molar-refractivity contribution is 6.32. The standard InChI is InChI=1S/C15H22Cl2N6O2/c1-7(2)23-9(4)11(8(3)22-23)20-21-13-10(14(24-5)25-6)12(16)18-15(17)19-13/h7,14,20H,1-6H3,(H,18,19,21). The molecule has 8 nitrogen and oxygen atoms in total. The second kappa shape index (κ2) is 8.18. The minimum absolute atomic E-state index is 0.00956. The number of hydrazine groups is 1. The Morgan fingerprint density at radius 2 is 1.68 bits per heavy atom. The molecule has 0 atom stereocenters. The molecule has 25 heavy (non-hydrogen) atoms. The molecule has 0 radical (unpaired) electrons. The van der Waals surface area contributed by atoms with E-state index >= 15 is 0 Å². The molecule has 2 aromatic rings. The van der Waals surface area contributed by atoms with Gasteiger partial charge in [0.05, 0.1) is 22.6 Å². The first-order valence-corrected chi connectivity index (χ1v) is 8.42. The summed E-state index contributed by atoms with van der Waals surface area (Å²) in [5, 5.41) is 4.68. The van der Waals surface area contributed by atoms with Crippen molar-refractivity contribution in [2.75, 3.05) is 25.1 Å². The van der Waals surface area contributed by atoms with E-state index in [0.717, 1.165) is 17.1 Å². The highest BCUT2D eigenvalue weighted by Crippen LogP contribution is 2.32. The van der Waals surface area contributed by atoms with Gasteiger partial charge in [0, 0.05) is 20.3 Å². The number of methoxy groups -OCH3 is 2. The lowest BCUT2D eigenvalue weighted by atomic mass is 10.3. The predicted molar refractivity (Wildman–Crippen MR) is 98.1 cm³/mol. The zero-order valence-electron chi connectivity index (χ0n) is 15.0. The number of aryl methyl sites for hydroxylation is 1. The van der Waals surface area contributed by atoms with Crippen LogP contribution >= 0.6 is 23.2 Å². The molecule has 0 bridgehead atoms. The maximum absolute atomic E-state index is 6.20. The summed E-state index contributed by atoms with van der Waals surface area (Å²) in [4.78, 5) is 8.12. The van der Waals surface area contributed by atoms with Crippen LogP contribution in [-0.4, -0.2) is 34.0 Å². The topological polar surface area (TPSA) is 86.1 Å². The lowest BCUT2D eigenvalue weighted by molar-refractivity contribution is -0.105. The third kappa shape index (κ3) is 4.14. The molecule has 0 aromatic carbocycles. The molecule has 0 unspecified atom stereocenters. The van der Waals surface area contributed by atoms with Crippen LogP contribution in [0.4, 0.5) is 11.5 Å². The van der Waals surface area contributed by atoms with Crippen molar-refractivity contribution in [3.8, 4) is 0 Å². The van der Waals surface area contributed by atoms with E-state index in [1.807, 2.05) is 18.5 Å². The van der Waals surface area contributed by atoms with Crippen LogP contribution in [0.25, 0.3) is 0 Å². The molecule has 2 rings (SSSR count). The van der Waals surface area contributed by atoms with Gasteiger partial charge in [-0.05, 0) is 39.3 Å². The SMILES string of the molecule is COC(OC)c1c(Cl)nc(Cl)nc1NNc1c(C)nn(C(C)C)c1C. The van der Waals surface area contributed by atoms with E-state index in [-0.39, 0.29) is 16.5 Å². The fourth-order valence-corrected chi connectivity index (χ4v) is 2.99. The molecular weight excluding hydrogens is 367 g/mol. The van der Waals surface area contributed by atoms with Gasteiger partial charge in [-0.15, -0.1) is 0 Å². The Balaban J connectivity index is 2.35. The summed E-state index contributed by atoms with van der Waals surface area (Å²) in [5.74, 6) is 0.356. The maximum Gasteiger partial charge on any atom is 0.225 e. The molecule has 2 heterocycles. The molecule has 0 aliphatic carbocycles. The summed E-state index contributed by atoms with van der Waals surface area (Å²) in [6.45, 7) is 8.04. The van der Waals surface area contributed by atoms with E-state index in [0.29, 0.717) is 11.4 Å². The van der Waals surface area contributed by atoms with Gasteiger partial charge in [0.1, 0.15) is 5.15 Å². The molecule has 10 heteroatoms. The Kier molecular flexibility index (Phi) is 6.45. The van der Waals surface area contributed by atoms with E-state index in [1.54, 1.807) is 0 Å². The molecule has 0 aliphatic rings. The van der Waals surface area contributed by atoms with Crippen molar-refractivity contribution in [1.82, 2.24) is 19.7 Å². The molecule has 2 N–H and O–H groups in total. The normalized spacial score (nSPS) is 11.4. The van der Waals surface area contributed by atoms with Crippen LogP contribution in [0.2, 0.25) is 10.4 Å². The van der Waals surface area contributed by atoms with E-state index in [1.165, 1.54) is 14.2 Å². The molecule has 0 amide bonds. The van der Waals surface area contributed by atoms with Crippen LogP contribution in [-0.2, 0) is 9.47 Å². The number of rotatable bonds is 7. The van der Waals surface area contributed by atoms with Gasteiger partial charge in [0.15, 0.2) is 12.1 Å². The van der Waals surface area contributed by atoms with Crippen molar-refractivity contribution < 1.29 is 9.47 Å². The summed E-state index contributed by atoms with van der Waals surface area (Å²) in [6.07, 6.45) is -0.741. The van der Waals surface area contributed by atoms with Crippen LogP contribution in [0.1, 0.15) is 43.1 Å². The second-order valence-electron chi connectivity index (χ2n) is 5.68. The molecule has 0 aliphatic heterocycles. The van der Waals surface area contributed by atoms with E-state index in [4.69, 9.17) is 32.7 Å². The predicted octanol–water partition coefficient (Wildman–Crippen LogP) is 3.91. The van der Waals surface area contributed by atoms with Crippen LogP contribution < -0.4 is 10.9 Å². The second-order valence-corrected chi connectivity index (χ2v) is 6.38. The fourth-order valence-electron chi connectivity index (χ4n) is 2.52. The first-order chi connectivity index (χ1) is 11.8. The van der Waals surface area contributed by atoms with Crippen molar-refractivity contribution in [2.45, 2.75) is 40.0 Å². The molecule has 0 saturated carbocycles. The average Bonchev–Trinajstić information content (AvgIpc) is 2.83. The number of nitrogens with one attached hydrogen (secondary N) is 2. The summed E-state index contributed by atoms with van der Waals surface area (Å²) >= 11 is 12.1. The van der Waals surface area contributed by atoms with Crippen molar-refractivity contribution in [2.24, 2.45) is 0 Å². The van der Waals surface area contributed by atoms with Gasteiger partial charge in [-0.2, -0.15) is 10.1 Å². The number of aromatic nitrogens is 4. The third-order valence-electron chi connectivity index (χ3n) is 3.66. The highest BCUT2D eigenvalue weighted by Gasteiger charge is 2.22. The summed E-state index contributed by atoms with van der Waals surface area (Å²) in [6, 6.07) is 0.249. The van der Waals surface area contributed by atoms with Gasteiger partial charge < -0.3 is 9.47 Å². The minimum Gasteiger partial charge on any atom is -0.351 e. The number of hydrogen-bond acceptors (Lipinski definition) is 7. The Hall–Kier alpha value is -1.61. The number of nitrogens with zero attached hydrogens (tertiary/aromatic N) is 4. The highest BCUT2D eigenvalue weighted by atomic mass is 35.5. The van der Waals surface area contributed by atoms with Gasteiger partial charge in [-0.25, -0.2) is 4.98 Å². The van der Waals surface area contributed by atoms with Crippen LogP contribution in [0.5, 0.6) is 0 Å². The smallest absolute Gasteiger partial charge is 0.225 e. The van der Waals surface area contributed by atoms with Crippen LogP contribution in [0.3, 0.4) is 0 Å². The van der Waals surface area contributed by atoms with Crippen molar-refractivity contribution >= 4 is 34.7 Å². The molecule has 0 fully saturated rings. The third-order valence-corrected chi connectivity index (χ3v) is 4.11. The fraction of sp³-hybridized carbons (Fsp3) is 0.533. The minimum atomic E-state index is -0.741. The van der Waals surface area contributed by atoms with Crippen molar-refractivity contribution in [3.63, 3.8) is 0 Å². The Morgan fingerprint density at radius 1 is 1.04 bits per heavy atom. The molecule has 0 spiro atoms. The quantitative estimate of drug-likeness (QED) is 0.321. The zero-order chi connectivity index (χ0) is 18.7. The number of anilines is 2. The molecule has 2 aromatic heterocycles. The largest absolute Gasteiger partial charge is 0.351 e. The lowest BCUT2D eigenvalue weighted by Gasteiger charge is -2.19. The first kappa shape index (κ1) is 19.7. The van der Waals surface area contributed by atoms with Crippen LogP contribution in [0, 0.1) is 13.8 Å². The molecule has 138 valence electrons.